The van der Waals surface area contributed by atoms with Crippen molar-refractivity contribution in [1.82, 2.24) is 19.9 Å². The van der Waals surface area contributed by atoms with Gasteiger partial charge in [-0.3, -0.25) is 4.68 Å². The third-order valence-electron chi connectivity index (χ3n) is 3.35. The summed E-state index contributed by atoms with van der Waals surface area (Å²) in [5, 5.41) is 7.75. The molecule has 0 saturated heterocycles. The average molecular weight is 316 g/mol. The number of hydrogen-bond acceptors (Lipinski definition) is 6. The smallest absolute Gasteiger partial charge is 0.342 e. The van der Waals surface area contributed by atoms with Crippen LogP contribution in [0.2, 0.25) is 0 Å². The van der Waals surface area contributed by atoms with Crippen molar-refractivity contribution in [2.45, 2.75) is 13.5 Å². The Labute approximate surface area is 130 Å². The number of hydrogen-bond donors (Lipinski definition) is 0. The van der Waals surface area contributed by atoms with Crippen LogP contribution in [-0.2, 0) is 18.4 Å². The van der Waals surface area contributed by atoms with E-state index in [1.54, 1.807) is 18.7 Å². The van der Waals surface area contributed by atoms with E-state index in [0.717, 1.165) is 0 Å². The second-order valence-corrected chi connectivity index (χ2v) is 4.86. The summed E-state index contributed by atoms with van der Waals surface area (Å²) in [6.45, 7) is 1.62. The first-order chi connectivity index (χ1) is 11.0. The fraction of sp³-hybridized carbons (Fsp3) is 0.200. The van der Waals surface area contributed by atoms with Gasteiger partial charge in [-0.05, 0) is 31.2 Å². The van der Waals surface area contributed by atoms with Gasteiger partial charge in [0.05, 0.1) is 6.20 Å². The Balaban J connectivity index is 1.66. The number of benzene rings is 1. The van der Waals surface area contributed by atoms with Crippen LogP contribution < -0.4 is 0 Å². The fourth-order valence-corrected chi connectivity index (χ4v) is 1.93. The highest BCUT2D eigenvalue weighted by Crippen LogP contribution is 2.17. The van der Waals surface area contributed by atoms with E-state index >= 15 is 0 Å². The van der Waals surface area contributed by atoms with Crippen LogP contribution >= 0.6 is 0 Å². The number of halogens is 1. The van der Waals surface area contributed by atoms with Crippen molar-refractivity contribution in [3.63, 3.8) is 0 Å². The first-order valence-electron chi connectivity index (χ1n) is 6.79. The van der Waals surface area contributed by atoms with Crippen molar-refractivity contribution in [3.05, 3.63) is 53.4 Å². The summed E-state index contributed by atoms with van der Waals surface area (Å²) in [6.07, 6.45) is 1.44. The highest BCUT2D eigenvalue weighted by atomic mass is 19.1. The van der Waals surface area contributed by atoms with E-state index in [1.165, 1.54) is 30.5 Å². The molecule has 1 aromatic carbocycles. The first kappa shape index (κ1) is 14.9. The molecule has 0 atom stereocenters. The molecule has 0 amide bonds. The Morgan fingerprint density at radius 3 is 2.74 bits per heavy atom. The van der Waals surface area contributed by atoms with Crippen LogP contribution in [0.3, 0.4) is 0 Å². The third-order valence-corrected chi connectivity index (χ3v) is 3.35. The van der Waals surface area contributed by atoms with E-state index in [9.17, 15) is 9.18 Å². The van der Waals surface area contributed by atoms with Gasteiger partial charge < -0.3 is 9.26 Å². The molecule has 8 heteroatoms. The zero-order valence-electron chi connectivity index (χ0n) is 12.5. The van der Waals surface area contributed by atoms with E-state index < -0.39 is 5.97 Å². The number of nitrogens with zero attached hydrogens (tertiary/aromatic N) is 4. The normalized spacial score (nSPS) is 10.7. The first-order valence-corrected chi connectivity index (χ1v) is 6.79. The highest BCUT2D eigenvalue weighted by Gasteiger charge is 2.16. The van der Waals surface area contributed by atoms with Gasteiger partial charge in [-0.1, -0.05) is 5.16 Å². The van der Waals surface area contributed by atoms with Gasteiger partial charge in [0, 0.05) is 18.3 Å². The van der Waals surface area contributed by atoms with Crippen LogP contribution in [-0.4, -0.2) is 25.9 Å². The fourth-order valence-electron chi connectivity index (χ4n) is 1.93. The zero-order valence-corrected chi connectivity index (χ0v) is 12.5. The lowest BCUT2D eigenvalue weighted by atomic mass is 10.2. The van der Waals surface area contributed by atoms with E-state index in [2.05, 4.69) is 15.2 Å². The minimum atomic E-state index is -0.517. The van der Waals surface area contributed by atoms with Crippen molar-refractivity contribution in [3.8, 4) is 11.4 Å². The van der Waals surface area contributed by atoms with Gasteiger partial charge in [0.25, 0.3) is 5.89 Å². The molecular weight excluding hydrogens is 303 g/mol. The number of carbonyl (C=O) groups excluding carboxylic acids is 1. The van der Waals surface area contributed by atoms with Crippen LogP contribution in [0.15, 0.2) is 35.0 Å². The van der Waals surface area contributed by atoms with E-state index in [0.29, 0.717) is 22.6 Å². The molecule has 2 aromatic heterocycles. The number of aryl methyl sites for hydroxylation is 1. The minimum Gasteiger partial charge on any atom is -0.452 e. The summed E-state index contributed by atoms with van der Waals surface area (Å²) in [4.78, 5) is 16.1. The molecule has 23 heavy (non-hydrogen) atoms. The summed E-state index contributed by atoms with van der Waals surface area (Å²) in [5.74, 6) is -0.414. The molecule has 3 aromatic rings. The Kier molecular flexibility index (Phi) is 3.88. The summed E-state index contributed by atoms with van der Waals surface area (Å²) in [6, 6.07) is 5.68. The van der Waals surface area contributed by atoms with Crippen molar-refractivity contribution in [1.29, 1.82) is 0 Å². The Bertz CT molecular complexity index is 839. The van der Waals surface area contributed by atoms with Gasteiger partial charge >= 0.3 is 5.97 Å². The molecule has 0 spiro atoms. The molecule has 0 saturated carbocycles. The predicted molar refractivity (Wildman–Crippen MR) is 76.8 cm³/mol. The van der Waals surface area contributed by atoms with Crippen molar-refractivity contribution < 1.29 is 18.4 Å². The Morgan fingerprint density at radius 2 is 2.09 bits per heavy atom. The molecule has 0 aliphatic carbocycles. The molecule has 118 valence electrons. The molecule has 0 aliphatic heterocycles. The molecule has 0 unspecified atom stereocenters. The zero-order chi connectivity index (χ0) is 16.4. The molecule has 0 bridgehead atoms. The van der Waals surface area contributed by atoms with Crippen molar-refractivity contribution in [2.75, 3.05) is 0 Å². The number of aromatic nitrogens is 4. The topological polar surface area (TPSA) is 83.0 Å². The second-order valence-electron chi connectivity index (χ2n) is 4.86. The number of esters is 1. The lowest BCUT2D eigenvalue weighted by Gasteiger charge is -2.01. The average Bonchev–Trinajstić information content (AvgIpc) is 3.14. The van der Waals surface area contributed by atoms with Crippen LogP contribution in [0.1, 0.15) is 21.9 Å². The molecule has 7 nitrogen and oxygen atoms in total. The Hall–Kier alpha value is -3.03. The lowest BCUT2D eigenvalue weighted by Crippen LogP contribution is -2.07. The van der Waals surface area contributed by atoms with Gasteiger partial charge in [0.15, 0.2) is 6.61 Å². The minimum absolute atomic E-state index is 0.151. The van der Waals surface area contributed by atoms with Gasteiger partial charge in [-0.25, -0.2) is 9.18 Å². The molecule has 0 radical (unpaired) electrons. The SMILES string of the molecule is Cc1c(C(=O)OCc2nc(-c3ccc(F)cc3)no2)cnn1C. The van der Waals surface area contributed by atoms with Crippen molar-refractivity contribution in [2.24, 2.45) is 7.05 Å². The summed E-state index contributed by atoms with van der Waals surface area (Å²) in [7, 11) is 1.74. The van der Waals surface area contributed by atoms with Crippen LogP contribution in [0.4, 0.5) is 4.39 Å². The maximum absolute atomic E-state index is 12.9. The molecular formula is C15H13FN4O3. The Morgan fingerprint density at radius 1 is 1.35 bits per heavy atom. The standard InChI is InChI=1S/C15H13FN4O3/c1-9-12(7-17-20(9)2)15(21)22-8-13-18-14(19-23-13)10-3-5-11(16)6-4-10/h3-7H,8H2,1-2H3. The number of rotatable bonds is 4. The van der Waals surface area contributed by atoms with Gasteiger partial charge in [0.2, 0.25) is 5.82 Å². The maximum Gasteiger partial charge on any atom is 0.342 e. The molecule has 0 aliphatic rings. The third kappa shape index (κ3) is 3.10. The summed E-state index contributed by atoms with van der Waals surface area (Å²) >= 11 is 0. The van der Waals surface area contributed by atoms with Crippen LogP contribution in [0.5, 0.6) is 0 Å². The highest BCUT2D eigenvalue weighted by molar-refractivity contribution is 5.90. The largest absolute Gasteiger partial charge is 0.452 e. The molecule has 3 rings (SSSR count). The number of ether oxygens (including phenoxy) is 1. The van der Waals surface area contributed by atoms with E-state index in [1.807, 2.05) is 0 Å². The second kappa shape index (κ2) is 5.99. The summed E-state index contributed by atoms with van der Waals surface area (Å²) in [5.41, 5.74) is 1.69. The van der Waals surface area contributed by atoms with E-state index in [4.69, 9.17) is 9.26 Å². The lowest BCUT2D eigenvalue weighted by molar-refractivity contribution is 0.0429. The number of carbonyl (C=O) groups is 1. The molecule has 0 fully saturated rings. The molecule has 2 heterocycles. The molecule has 0 N–H and O–H groups in total. The van der Waals surface area contributed by atoms with Crippen LogP contribution in [0.25, 0.3) is 11.4 Å². The van der Waals surface area contributed by atoms with Gasteiger partial charge in [0.1, 0.15) is 11.4 Å². The quantitative estimate of drug-likeness (QED) is 0.687. The van der Waals surface area contributed by atoms with Crippen LogP contribution in [0, 0.1) is 12.7 Å². The van der Waals surface area contributed by atoms with Crippen molar-refractivity contribution >= 4 is 5.97 Å². The monoisotopic (exact) mass is 316 g/mol. The van der Waals surface area contributed by atoms with Gasteiger partial charge in [-0.2, -0.15) is 10.1 Å². The van der Waals surface area contributed by atoms with E-state index in [-0.39, 0.29) is 18.3 Å². The predicted octanol–water partition coefficient (Wildman–Crippen LogP) is 2.27. The summed E-state index contributed by atoms with van der Waals surface area (Å²) < 4.78 is 24.6. The van der Waals surface area contributed by atoms with Gasteiger partial charge in [-0.15, -0.1) is 0 Å². The maximum atomic E-state index is 12.9.